The lowest BCUT2D eigenvalue weighted by molar-refractivity contribution is 0.445. The molecule has 2 aromatic carbocycles. The first-order valence-electron chi connectivity index (χ1n) is 6.02. The molecule has 0 aliphatic heterocycles. The van der Waals surface area contributed by atoms with E-state index in [1.807, 2.05) is 0 Å². The molecule has 0 fully saturated rings. The Labute approximate surface area is 120 Å². The van der Waals surface area contributed by atoms with E-state index in [4.69, 9.17) is 0 Å². The monoisotopic (exact) mass is 315 g/mol. The molecule has 112 valence electrons. The van der Waals surface area contributed by atoms with Crippen molar-refractivity contribution in [2.75, 3.05) is 0 Å². The van der Waals surface area contributed by atoms with Crippen molar-refractivity contribution in [1.29, 1.82) is 0 Å². The second-order valence-corrected chi connectivity index (χ2v) is 6.25. The molecule has 0 aliphatic carbocycles. The molecule has 3 nitrogen and oxygen atoms in total. The third kappa shape index (κ3) is 4.30. The second-order valence-electron chi connectivity index (χ2n) is 4.44. The fourth-order valence-electron chi connectivity index (χ4n) is 1.75. The number of hydrogen-bond donors (Lipinski definition) is 1. The molecule has 1 N–H and O–H groups in total. The van der Waals surface area contributed by atoms with Crippen molar-refractivity contribution in [3.05, 3.63) is 71.0 Å². The lowest BCUT2D eigenvalue weighted by atomic mass is 10.2. The molecular formula is C14H12F3NO2S. The predicted molar refractivity (Wildman–Crippen MR) is 72.2 cm³/mol. The van der Waals surface area contributed by atoms with Crippen LogP contribution in [0.2, 0.25) is 0 Å². The first-order valence-corrected chi connectivity index (χ1v) is 7.67. The van der Waals surface area contributed by atoms with Gasteiger partial charge in [-0.2, -0.15) is 0 Å². The van der Waals surface area contributed by atoms with Gasteiger partial charge in [0.2, 0.25) is 10.0 Å². The first kappa shape index (κ1) is 15.5. The van der Waals surface area contributed by atoms with Gasteiger partial charge < -0.3 is 0 Å². The van der Waals surface area contributed by atoms with Crippen LogP contribution in [0.1, 0.15) is 11.1 Å². The maximum atomic E-state index is 13.0. The number of benzene rings is 2. The van der Waals surface area contributed by atoms with Crippen molar-refractivity contribution >= 4 is 10.0 Å². The summed E-state index contributed by atoms with van der Waals surface area (Å²) in [6.45, 7) is -0.316. The van der Waals surface area contributed by atoms with Crippen molar-refractivity contribution in [2.24, 2.45) is 0 Å². The highest BCUT2D eigenvalue weighted by Crippen LogP contribution is 2.14. The molecule has 0 radical (unpaired) electrons. The van der Waals surface area contributed by atoms with Crippen LogP contribution in [0.5, 0.6) is 0 Å². The summed E-state index contributed by atoms with van der Waals surface area (Å²) in [5.74, 6) is -4.54. The highest BCUT2D eigenvalue weighted by Gasteiger charge is 2.14. The first-order chi connectivity index (χ1) is 9.87. The van der Waals surface area contributed by atoms with E-state index in [1.165, 1.54) is 0 Å². The molecule has 21 heavy (non-hydrogen) atoms. The molecule has 2 aromatic rings. The molecule has 0 saturated heterocycles. The van der Waals surface area contributed by atoms with Gasteiger partial charge in [0.25, 0.3) is 0 Å². The third-order valence-corrected chi connectivity index (χ3v) is 4.04. The van der Waals surface area contributed by atoms with Gasteiger partial charge in [0, 0.05) is 6.54 Å². The Bertz CT molecular complexity index is 710. The summed E-state index contributed by atoms with van der Waals surface area (Å²) in [5, 5.41) is 0. The van der Waals surface area contributed by atoms with E-state index in [1.54, 1.807) is 30.3 Å². The summed E-state index contributed by atoms with van der Waals surface area (Å²) in [4.78, 5) is 0. The molecule has 2 rings (SSSR count). The minimum atomic E-state index is -3.66. The van der Waals surface area contributed by atoms with Crippen molar-refractivity contribution < 1.29 is 21.6 Å². The summed E-state index contributed by atoms with van der Waals surface area (Å²) < 4.78 is 64.7. The maximum Gasteiger partial charge on any atom is 0.216 e. The molecule has 0 aliphatic rings. The summed E-state index contributed by atoms with van der Waals surface area (Å²) in [6.07, 6.45) is 0. The van der Waals surface area contributed by atoms with Gasteiger partial charge in [0.05, 0.1) is 5.75 Å². The van der Waals surface area contributed by atoms with E-state index in [0.717, 1.165) is 12.1 Å². The van der Waals surface area contributed by atoms with Crippen LogP contribution in [0, 0.1) is 17.5 Å². The van der Waals surface area contributed by atoms with E-state index in [0.29, 0.717) is 5.56 Å². The second kappa shape index (κ2) is 6.28. The van der Waals surface area contributed by atoms with Gasteiger partial charge in [-0.3, -0.25) is 0 Å². The van der Waals surface area contributed by atoms with Gasteiger partial charge in [-0.1, -0.05) is 30.3 Å². The van der Waals surface area contributed by atoms with Gasteiger partial charge in [-0.05, 0) is 23.3 Å². The molecular weight excluding hydrogens is 303 g/mol. The Morgan fingerprint density at radius 2 is 1.48 bits per heavy atom. The van der Waals surface area contributed by atoms with Crippen molar-refractivity contribution in [3.63, 3.8) is 0 Å². The topological polar surface area (TPSA) is 46.2 Å². The van der Waals surface area contributed by atoms with E-state index < -0.39 is 27.5 Å². The number of sulfonamides is 1. The summed E-state index contributed by atoms with van der Waals surface area (Å²) >= 11 is 0. The van der Waals surface area contributed by atoms with Gasteiger partial charge >= 0.3 is 0 Å². The van der Waals surface area contributed by atoms with Gasteiger partial charge in [-0.15, -0.1) is 0 Å². The number of nitrogens with one attached hydrogen (secondary N) is 1. The van der Waals surface area contributed by atoms with Crippen LogP contribution in [0.3, 0.4) is 0 Å². The molecule has 0 heterocycles. The van der Waals surface area contributed by atoms with E-state index >= 15 is 0 Å². The smallest absolute Gasteiger partial charge is 0.212 e. The highest BCUT2D eigenvalue weighted by molar-refractivity contribution is 7.88. The number of halogens is 3. The predicted octanol–water partition coefficient (Wildman–Crippen LogP) is 2.72. The fourth-order valence-corrected chi connectivity index (χ4v) is 2.87. The van der Waals surface area contributed by atoms with Crippen LogP contribution in [-0.2, 0) is 22.3 Å². The van der Waals surface area contributed by atoms with Crippen LogP contribution in [-0.4, -0.2) is 8.42 Å². The summed E-state index contributed by atoms with van der Waals surface area (Å²) in [7, 11) is -3.66. The highest BCUT2D eigenvalue weighted by atomic mass is 32.2. The van der Waals surface area contributed by atoms with Crippen LogP contribution in [0.15, 0.2) is 42.5 Å². The third-order valence-electron chi connectivity index (χ3n) is 2.74. The molecule has 7 heteroatoms. The fraction of sp³-hybridized carbons (Fsp3) is 0.143. The SMILES string of the molecule is O=S(=O)(Cc1ccccc1)NCc1cc(F)c(F)c(F)c1. The normalized spacial score (nSPS) is 11.6. The molecule has 0 amide bonds. The molecule has 0 unspecified atom stereocenters. The lowest BCUT2D eigenvalue weighted by Gasteiger charge is -2.07. The number of rotatable bonds is 5. The van der Waals surface area contributed by atoms with Gasteiger partial charge in [0.15, 0.2) is 17.5 Å². The zero-order valence-electron chi connectivity index (χ0n) is 10.8. The Hall–Kier alpha value is -1.86. The Balaban J connectivity index is 2.05. The van der Waals surface area contributed by atoms with E-state index in [2.05, 4.69) is 4.72 Å². The Morgan fingerprint density at radius 3 is 2.05 bits per heavy atom. The number of hydrogen-bond acceptors (Lipinski definition) is 2. The van der Waals surface area contributed by atoms with E-state index in [9.17, 15) is 21.6 Å². The van der Waals surface area contributed by atoms with Gasteiger partial charge in [-0.25, -0.2) is 26.3 Å². The van der Waals surface area contributed by atoms with Crippen LogP contribution in [0.4, 0.5) is 13.2 Å². The largest absolute Gasteiger partial charge is 0.216 e. The summed E-state index contributed by atoms with van der Waals surface area (Å²) in [6, 6.07) is 9.97. The van der Waals surface area contributed by atoms with Crippen molar-refractivity contribution in [2.45, 2.75) is 12.3 Å². The summed E-state index contributed by atoms with van der Waals surface area (Å²) in [5.41, 5.74) is 0.588. The van der Waals surface area contributed by atoms with Crippen LogP contribution in [0.25, 0.3) is 0 Å². The quantitative estimate of drug-likeness (QED) is 0.862. The molecule has 0 aromatic heterocycles. The van der Waals surface area contributed by atoms with Crippen LogP contribution >= 0.6 is 0 Å². The average Bonchev–Trinajstić information content (AvgIpc) is 2.43. The minimum Gasteiger partial charge on any atom is -0.212 e. The Kier molecular flexibility index (Phi) is 4.64. The van der Waals surface area contributed by atoms with E-state index in [-0.39, 0.29) is 17.9 Å². The molecule has 0 atom stereocenters. The standard InChI is InChI=1S/C14H12F3NO2S/c15-12-6-11(7-13(16)14(12)17)8-18-21(19,20)9-10-4-2-1-3-5-10/h1-7,18H,8-9H2. The molecule has 0 spiro atoms. The van der Waals surface area contributed by atoms with Crippen molar-refractivity contribution in [1.82, 2.24) is 4.72 Å². The van der Waals surface area contributed by atoms with Gasteiger partial charge in [0.1, 0.15) is 0 Å². The average molecular weight is 315 g/mol. The molecule has 0 saturated carbocycles. The maximum absolute atomic E-state index is 13.0. The minimum absolute atomic E-state index is 0.00281. The zero-order valence-corrected chi connectivity index (χ0v) is 11.6. The van der Waals surface area contributed by atoms with Crippen LogP contribution < -0.4 is 4.72 Å². The lowest BCUT2D eigenvalue weighted by Crippen LogP contribution is -2.24. The van der Waals surface area contributed by atoms with Crippen molar-refractivity contribution in [3.8, 4) is 0 Å². The Morgan fingerprint density at radius 1 is 0.905 bits per heavy atom. The zero-order chi connectivity index (χ0) is 15.5. The molecule has 0 bridgehead atoms.